The lowest BCUT2D eigenvalue weighted by molar-refractivity contribution is -0.143. The summed E-state index contributed by atoms with van der Waals surface area (Å²) in [7, 11) is 3.77. The van der Waals surface area contributed by atoms with E-state index in [9.17, 15) is 4.79 Å². The quantitative estimate of drug-likeness (QED) is 0.736. The fourth-order valence-electron chi connectivity index (χ4n) is 3.84. The summed E-state index contributed by atoms with van der Waals surface area (Å²) in [5.74, 6) is -0.102. The molecule has 2 bridgehead atoms. The smallest absolute Gasteiger partial charge is 0.322 e. The van der Waals surface area contributed by atoms with Gasteiger partial charge in [0.1, 0.15) is 6.04 Å². The van der Waals surface area contributed by atoms with Crippen LogP contribution in [0.2, 0.25) is 0 Å². The largest absolute Gasteiger partial charge is 0.468 e. The van der Waals surface area contributed by atoms with Crippen molar-refractivity contribution in [1.29, 1.82) is 0 Å². The molecule has 3 aliphatic rings. The molecule has 3 fully saturated rings. The Bertz CT molecular complexity index is 373. The van der Waals surface area contributed by atoms with Gasteiger partial charge in [-0.2, -0.15) is 0 Å². The van der Waals surface area contributed by atoms with E-state index >= 15 is 0 Å². The Kier molecular flexibility index (Phi) is 4.82. The number of ether oxygens (including phenoxy) is 1. The van der Waals surface area contributed by atoms with Crippen molar-refractivity contribution in [3.05, 3.63) is 0 Å². The highest BCUT2D eigenvalue weighted by Gasteiger charge is 2.35. The first-order chi connectivity index (χ1) is 10.2. The molecule has 0 aromatic heterocycles. The summed E-state index contributed by atoms with van der Waals surface area (Å²) in [6.45, 7) is 3.32. The van der Waals surface area contributed by atoms with Crippen molar-refractivity contribution in [2.75, 3.05) is 33.8 Å². The zero-order chi connectivity index (χ0) is 14.8. The molecule has 21 heavy (non-hydrogen) atoms. The first kappa shape index (κ1) is 15.3. The third-order valence-electron chi connectivity index (χ3n) is 5.47. The fraction of sp³-hybridized carbons (Fsp3) is 0.938. The van der Waals surface area contributed by atoms with E-state index in [2.05, 4.69) is 22.2 Å². The molecule has 0 amide bonds. The van der Waals surface area contributed by atoms with E-state index in [1.54, 1.807) is 0 Å². The number of likely N-dealkylation sites (N-methyl/N-ethyl adjacent to an activating group) is 1. The number of hydrogen-bond acceptors (Lipinski definition) is 5. The van der Waals surface area contributed by atoms with E-state index in [-0.39, 0.29) is 12.0 Å². The van der Waals surface area contributed by atoms with Crippen molar-refractivity contribution >= 4 is 5.97 Å². The van der Waals surface area contributed by atoms with Gasteiger partial charge in [0.15, 0.2) is 0 Å². The van der Waals surface area contributed by atoms with Crippen LogP contribution in [0.3, 0.4) is 0 Å². The van der Waals surface area contributed by atoms with Gasteiger partial charge in [0.2, 0.25) is 0 Å². The molecule has 120 valence electrons. The molecule has 0 aromatic rings. The van der Waals surface area contributed by atoms with Crippen LogP contribution in [0.4, 0.5) is 0 Å². The Hall–Kier alpha value is -0.650. The van der Waals surface area contributed by atoms with Crippen LogP contribution in [0.5, 0.6) is 0 Å². The minimum Gasteiger partial charge on any atom is -0.468 e. The fourth-order valence-corrected chi connectivity index (χ4v) is 3.84. The standard InChI is InChI=1S/C16H29N3O2/c1-18-13-5-6-14(18)11-19(9-7-13)10-8-15(16(20)21-2)17-12-3-4-12/h12-15,17H,3-11H2,1-2H3. The normalized spacial score (nSPS) is 31.9. The van der Waals surface area contributed by atoms with Crippen molar-refractivity contribution in [2.24, 2.45) is 0 Å². The van der Waals surface area contributed by atoms with Crippen molar-refractivity contribution < 1.29 is 9.53 Å². The highest BCUT2D eigenvalue weighted by Crippen LogP contribution is 2.28. The van der Waals surface area contributed by atoms with Crippen molar-refractivity contribution in [2.45, 2.75) is 62.7 Å². The van der Waals surface area contributed by atoms with Crippen LogP contribution < -0.4 is 5.32 Å². The van der Waals surface area contributed by atoms with E-state index in [4.69, 9.17) is 4.74 Å². The molecule has 3 rings (SSSR count). The summed E-state index contributed by atoms with van der Waals surface area (Å²) in [6, 6.07) is 1.91. The number of likely N-dealkylation sites (tertiary alicyclic amines) is 1. The summed E-state index contributed by atoms with van der Waals surface area (Å²) in [5.41, 5.74) is 0. The van der Waals surface area contributed by atoms with Gasteiger partial charge in [0, 0.05) is 31.2 Å². The lowest BCUT2D eigenvalue weighted by Crippen LogP contribution is -2.43. The molecule has 2 aliphatic heterocycles. The Labute approximate surface area is 128 Å². The molecule has 3 unspecified atom stereocenters. The number of esters is 1. The number of rotatable bonds is 6. The van der Waals surface area contributed by atoms with Crippen molar-refractivity contribution in [3.8, 4) is 0 Å². The van der Waals surface area contributed by atoms with Crippen LogP contribution in [0.15, 0.2) is 0 Å². The zero-order valence-electron chi connectivity index (χ0n) is 13.4. The van der Waals surface area contributed by atoms with E-state index < -0.39 is 0 Å². The molecule has 2 heterocycles. The summed E-state index contributed by atoms with van der Waals surface area (Å²) in [5, 5.41) is 3.43. The third-order valence-corrected chi connectivity index (χ3v) is 5.47. The molecular formula is C16H29N3O2. The second-order valence-corrected chi connectivity index (χ2v) is 6.95. The highest BCUT2D eigenvalue weighted by molar-refractivity contribution is 5.75. The summed E-state index contributed by atoms with van der Waals surface area (Å²) in [6.07, 6.45) is 7.23. The lowest BCUT2D eigenvalue weighted by Gasteiger charge is -2.27. The number of hydrogen-bond donors (Lipinski definition) is 1. The number of fused-ring (bicyclic) bond motifs is 2. The Morgan fingerprint density at radius 1 is 1.24 bits per heavy atom. The minimum atomic E-state index is -0.124. The van der Waals surface area contributed by atoms with Gasteiger partial charge in [0.25, 0.3) is 0 Å². The average molecular weight is 295 g/mol. The van der Waals surface area contributed by atoms with Gasteiger partial charge in [-0.15, -0.1) is 0 Å². The van der Waals surface area contributed by atoms with Crippen molar-refractivity contribution in [1.82, 2.24) is 15.1 Å². The second kappa shape index (κ2) is 6.63. The van der Waals surface area contributed by atoms with Gasteiger partial charge >= 0.3 is 5.97 Å². The molecular weight excluding hydrogens is 266 g/mol. The molecule has 1 saturated carbocycles. The maximum atomic E-state index is 11.9. The zero-order valence-corrected chi connectivity index (χ0v) is 13.4. The average Bonchev–Trinajstić information content (AvgIpc) is 3.23. The number of nitrogens with zero attached hydrogens (tertiary/aromatic N) is 2. The number of carbonyl (C=O) groups is 1. The van der Waals surface area contributed by atoms with Crippen molar-refractivity contribution in [3.63, 3.8) is 0 Å². The highest BCUT2D eigenvalue weighted by atomic mass is 16.5. The van der Waals surface area contributed by atoms with E-state index in [0.29, 0.717) is 12.1 Å². The van der Waals surface area contributed by atoms with Gasteiger partial charge < -0.3 is 15.0 Å². The van der Waals surface area contributed by atoms with Gasteiger partial charge in [-0.1, -0.05) is 0 Å². The topological polar surface area (TPSA) is 44.8 Å². The molecule has 1 N–H and O–H groups in total. The predicted octanol–water partition coefficient (Wildman–Crippen LogP) is 0.839. The molecule has 1 aliphatic carbocycles. The Morgan fingerprint density at radius 2 is 2.00 bits per heavy atom. The maximum Gasteiger partial charge on any atom is 0.322 e. The maximum absolute atomic E-state index is 11.9. The Balaban J connectivity index is 1.49. The number of carbonyl (C=O) groups excluding carboxylic acids is 1. The van der Waals surface area contributed by atoms with Gasteiger partial charge in [-0.3, -0.25) is 9.69 Å². The van der Waals surface area contributed by atoms with E-state index in [1.807, 2.05) is 0 Å². The second-order valence-electron chi connectivity index (χ2n) is 6.95. The summed E-state index contributed by atoms with van der Waals surface area (Å²) < 4.78 is 4.94. The summed E-state index contributed by atoms with van der Waals surface area (Å²) in [4.78, 5) is 17.0. The van der Waals surface area contributed by atoms with Crippen LogP contribution in [0, 0.1) is 0 Å². The molecule has 3 atom stereocenters. The summed E-state index contributed by atoms with van der Waals surface area (Å²) >= 11 is 0. The molecule has 5 nitrogen and oxygen atoms in total. The van der Waals surface area contributed by atoms with Crippen LogP contribution in [0.25, 0.3) is 0 Å². The monoisotopic (exact) mass is 295 g/mol. The van der Waals surface area contributed by atoms with Gasteiger partial charge in [0.05, 0.1) is 7.11 Å². The van der Waals surface area contributed by atoms with E-state index in [1.165, 1.54) is 45.8 Å². The van der Waals surface area contributed by atoms with Gasteiger partial charge in [-0.25, -0.2) is 0 Å². The Morgan fingerprint density at radius 3 is 2.71 bits per heavy atom. The van der Waals surface area contributed by atoms with Crippen LogP contribution >= 0.6 is 0 Å². The SMILES string of the molecule is COC(=O)C(CCN1CCC2CCC(C1)N2C)NC1CC1. The first-order valence-corrected chi connectivity index (χ1v) is 8.45. The lowest BCUT2D eigenvalue weighted by atomic mass is 10.1. The number of nitrogens with one attached hydrogen (secondary N) is 1. The molecule has 0 spiro atoms. The molecule has 5 heteroatoms. The molecule has 2 saturated heterocycles. The molecule has 0 radical (unpaired) electrons. The third kappa shape index (κ3) is 3.76. The van der Waals surface area contributed by atoms with Crippen LogP contribution in [-0.4, -0.2) is 73.7 Å². The molecule has 0 aromatic carbocycles. The van der Waals surface area contributed by atoms with Crippen LogP contribution in [-0.2, 0) is 9.53 Å². The minimum absolute atomic E-state index is 0.102. The first-order valence-electron chi connectivity index (χ1n) is 8.45. The van der Waals surface area contributed by atoms with E-state index in [0.717, 1.165) is 25.6 Å². The van der Waals surface area contributed by atoms with Gasteiger partial charge in [-0.05, 0) is 52.1 Å². The van der Waals surface area contributed by atoms with Crippen LogP contribution in [0.1, 0.15) is 38.5 Å². The predicted molar refractivity (Wildman–Crippen MR) is 82.2 cm³/mol. The number of methoxy groups -OCH3 is 1.